The minimum absolute atomic E-state index is 0.0171. The van der Waals surface area contributed by atoms with Crippen LogP contribution in [0, 0.1) is 0 Å². The van der Waals surface area contributed by atoms with Crippen molar-refractivity contribution in [3.05, 3.63) is 18.2 Å². The van der Waals surface area contributed by atoms with Gasteiger partial charge >= 0.3 is 0 Å². The largest absolute Gasteiger partial charge is 0.382 e. The Kier molecular flexibility index (Phi) is 4.23. The maximum Gasteiger partial charge on any atom is 0.244 e. The van der Waals surface area contributed by atoms with Gasteiger partial charge < -0.3 is 11.1 Å². The number of aromatic nitrogens is 2. The van der Waals surface area contributed by atoms with E-state index in [1.165, 1.54) is 32.1 Å². The molecule has 1 fully saturated rings. The van der Waals surface area contributed by atoms with Crippen molar-refractivity contribution in [1.82, 2.24) is 8.96 Å². The van der Waals surface area contributed by atoms with Gasteiger partial charge in [-0.05, 0) is 44.9 Å². The van der Waals surface area contributed by atoms with E-state index < -0.39 is 15.3 Å². The molecule has 1 aliphatic rings. The predicted octanol–water partition coefficient (Wildman–Crippen LogP) is 2.95. The van der Waals surface area contributed by atoms with E-state index in [4.69, 9.17) is 5.73 Å². The van der Waals surface area contributed by atoms with Crippen LogP contribution in [0.5, 0.6) is 0 Å². The van der Waals surface area contributed by atoms with E-state index in [9.17, 15) is 8.42 Å². The second-order valence-corrected chi connectivity index (χ2v) is 8.85. The number of hydrogen-bond acceptors (Lipinski definition) is 5. The molecule has 0 unspecified atom stereocenters. The first kappa shape index (κ1) is 16.1. The summed E-state index contributed by atoms with van der Waals surface area (Å²) in [4.78, 5) is 4.24. The molecular formula is C16H24N4O2S. The third-order valence-corrected chi connectivity index (χ3v) is 6.55. The van der Waals surface area contributed by atoms with Crippen LogP contribution in [0.25, 0.3) is 11.0 Å². The van der Waals surface area contributed by atoms with E-state index in [-0.39, 0.29) is 5.95 Å². The summed E-state index contributed by atoms with van der Waals surface area (Å²) in [6.07, 6.45) is 6.18. The molecule has 0 radical (unpaired) electrons. The van der Waals surface area contributed by atoms with Crippen molar-refractivity contribution in [2.75, 3.05) is 11.1 Å². The molecule has 0 bridgehead atoms. The lowest BCUT2D eigenvalue weighted by molar-refractivity contribution is 0.463. The minimum Gasteiger partial charge on any atom is -0.382 e. The topological polar surface area (TPSA) is 90.0 Å². The molecule has 23 heavy (non-hydrogen) atoms. The molecule has 0 atom stereocenters. The first-order chi connectivity index (χ1) is 10.9. The highest BCUT2D eigenvalue weighted by Gasteiger charge is 2.24. The van der Waals surface area contributed by atoms with Gasteiger partial charge in [-0.15, -0.1) is 0 Å². The molecule has 1 heterocycles. The van der Waals surface area contributed by atoms with Crippen molar-refractivity contribution in [2.45, 2.75) is 57.2 Å². The standard InChI is InChI=1S/C16H24N4O2S/c1-11(2)23(21,22)20-15-9-8-13(10-14(15)19-16(20)17)18-12-6-4-3-5-7-12/h8-12,18H,3-7H2,1-2H3,(H2,17,19). The summed E-state index contributed by atoms with van der Waals surface area (Å²) in [6, 6.07) is 6.06. The number of nitrogens with one attached hydrogen (secondary N) is 1. The average molecular weight is 336 g/mol. The third kappa shape index (κ3) is 3.02. The van der Waals surface area contributed by atoms with Crippen LogP contribution in [0.3, 0.4) is 0 Å². The summed E-state index contributed by atoms with van der Waals surface area (Å²) < 4.78 is 26.1. The minimum atomic E-state index is -3.52. The maximum absolute atomic E-state index is 12.5. The summed E-state index contributed by atoms with van der Waals surface area (Å²) in [6.45, 7) is 3.28. The predicted molar refractivity (Wildman–Crippen MR) is 94.1 cm³/mol. The van der Waals surface area contributed by atoms with Gasteiger partial charge in [0.25, 0.3) is 0 Å². The fourth-order valence-corrected chi connectivity index (χ4v) is 4.28. The van der Waals surface area contributed by atoms with E-state index in [1.54, 1.807) is 19.9 Å². The normalized spacial score (nSPS) is 17.0. The van der Waals surface area contributed by atoms with Crippen molar-refractivity contribution in [3.63, 3.8) is 0 Å². The highest BCUT2D eigenvalue weighted by molar-refractivity contribution is 7.90. The van der Waals surface area contributed by atoms with E-state index >= 15 is 0 Å². The van der Waals surface area contributed by atoms with Crippen LogP contribution >= 0.6 is 0 Å². The molecule has 1 saturated carbocycles. The van der Waals surface area contributed by atoms with Crippen LogP contribution < -0.4 is 11.1 Å². The van der Waals surface area contributed by atoms with Crippen molar-refractivity contribution >= 4 is 32.7 Å². The quantitative estimate of drug-likeness (QED) is 0.896. The maximum atomic E-state index is 12.5. The van der Waals surface area contributed by atoms with Crippen LogP contribution in [0.15, 0.2) is 18.2 Å². The molecule has 7 heteroatoms. The number of rotatable bonds is 4. The molecule has 0 amide bonds. The number of fused-ring (bicyclic) bond motifs is 1. The molecule has 0 spiro atoms. The Labute approximate surface area is 137 Å². The van der Waals surface area contributed by atoms with Crippen LogP contribution in [-0.2, 0) is 10.0 Å². The molecule has 0 saturated heterocycles. The molecule has 3 rings (SSSR count). The lowest BCUT2D eigenvalue weighted by Crippen LogP contribution is -2.23. The highest BCUT2D eigenvalue weighted by Crippen LogP contribution is 2.27. The summed E-state index contributed by atoms with van der Waals surface area (Å²) in [5, 5.41) is 2.97. The van der Waals surface area contributed by atoms with Gasteiger partial charge in [-0.2, -0.15) is 0 Å². The Bertz CT molecular complexity index is 805. The molecule has 2 aromatic rings. The molecular weight excluding hydrogens is 312 g/mol. The lowest BCUT2D eigenvalue weighted by Gasteiger charge is -2.23. The Morgan fingerprint density at radius 1 is 1.26 bits per heavy atom. The number of nitrogens with zero attached hydrogens (tertiary/aromatic N) is 2. The SMILES string of the molecule is CC(C)S(=O)(=O)n1c(N)nc2cc(NC3CCCCC3)ccc21. The Balaban J connectivity index is 1.96. The monoisotopic (exact) mass is 336 g/mol. The molecule has 3 N–H and O–H groups in total. The van der Waals surface area contributed by atoms with Gasteiger partial charge in [0, 0.05) is 11.7 Å². The van der Waals surface area contributed by atoms with Crippen LogP contribution in [-0.4, -0.2) is 28.7 Å². The molecule has 1 aromatic heterocycles. The van der Waals surface area contributed by atoms with Crippen molar-refractivity contribution in [1.29, 1.82) is 0 Å². The van der Waals surface area contributed by atoms with E-state index in [1.807, 2.05) is 12.1 Å². The van der Waals surface area contributed by atoms with Gasteiger partial charge in [0.1, 0.15) is 0 Å². The van der Waals surface area contributed by atoms with Crippen molar-refractivity contribution in [3.8, 4) is 0 Å². The summed E-state index contributed by atoms with van der Waals surface area (Å²) in [5.74, 6) is 0.0171. The number of nitrogen functional groups attached to an aromatic ring is 1. The molecule has 6 nitrogen and oxygen atoms in total. The zero-order valence-electron chi connectivity index (χ0n) is 13.6. The molecule has 0 aliphatic heterocycles. The Morgan fingerprint density at radius 2 is 1.96 bits per heavy atom. The zero-order chi connectivity index (χ0) is 16.6. The first-order valence-corrected chi connectivity index (χ1v) is 9.69. The fourth-order valence-electron chi connectivity index (χ4n) is 3.13. The average Bonchev–Trinajstić information content (AvgIpc) is 2.83. The van der Waals surface area contributed by atoms with Gasteiger partial charge in [0.15, 0.2) is 0 Å². The molecule has 1 aromatic carbocycles. The highest BCUT2D eigenvalue weighted by atomic mass is 32.2. The van der Waals surface area contributed by atoms with Crippen LogP contribution in [0.1, 0.15) is 46.0 Å². The van der Waals surface area contributed by atoms with Gasteiger partial charge in [0.05, 0.1) is 16.3 Å². The van der Waals surface area contributed by atoms with Crippen molar-refractivity contribution in [2.24, 2.45) is 0 Å². The van der Waals surface area contributed by atoms with Gasteiger partial charge in [0.2, 0.25) is 16.0 Å². The molecule has 126 valence electrons. The number of benzene rings is 1. The second-order valence-electron chi connectivity index (χ2n) is 6.51. The van der Waals surface area contributed by atoms with Crippen molar-refractivity contribution < 1.29 is 8.42 Å². The smallest absolute Gasteiger partial charge is 0.244 e. The number of imidazole rings is 1. The fraction of sp³-hybridized carbons (Fsp3) is 0.562. The zero-order valence-corrected chi connectivity index (χ0v) is 14.4. The van der Waals surface area contributed by atoms with E-state index in [0.29, 0.717) is 17.1 Å². The van der Waals surface area contributed by atoms with Gasteiger partial charge in [-0.3, -0.25) is 0 Å². The van der Waals surface area contributed by atoms with Gasteiger partial charge in [-0.25, -0.2) is 17.4 Å². The second kappa shape index (κ2) is 6.03. The third-order valence-electron chi connectivity index (χ3n) is 4.46. The summed E-state index contributed by atoms with van der Waals surface area (Å²) in [5.41, 5.74) is 7.97. The number of nitrogens with two attached hydrogens (primary N) is 1. The first-order valence-electron chi connectivity index (χ1n) is 8.18. The summed E-state index contributed by atoms with van der Waals surface area (Å²) in [7, 11) is -3.52. The van der Waals surface area contributed by atoms with Crippen LogP contribution in [0.4, 0.5) is 11.6 Å². The van der Waals surface area contributed by atoms with E-state index in [0.717, 1.165) is 9.66 Å². The molecule has 1 aliphatic carbocycles. The van der Waals surface area contributed by atoms with Crippen LogP contribution in [0.2, 0.25) is 0 Å². The van der Waals surface area contributed by atoms with E-state index in [2.05, 4.69) is 10.3 Å². The number of anilines is 2. The Morgan fingerprint density at radius 3 is 2.61 bits per heavy atom. The lowest BCUT2D eigenvalue weighted by atomic mass is 9.95. The number of hydrogen-bond donors (Lipinski definition) is 2. The van der Waals surface area contributed by atoms with Gasteiger partial charge in [-0.1, -0.05) is 19.3 Å². The Hall–Kier alpha value is -1.76. The summed E-state index contributed by atoms with van der Waals surface area (Å²) >= 11 is 0.